The minimum absolute atomic E-state index is 0.0125. The molecule has 0 fully saturated rings. The lowest BCUT2D eigenvalue weighted by molar-refractivity contribution is -0.384. The number of rotatable bonds is 7. The molecule has 1 N–H and O–H groups in total. The summed E-state index contributed by atoms with van der Waals surface area (Å²) >= 11 is 1.18. The van der Waals surface area contributed by atoms with Crippen LogP contribution < -0.4 is 5.43 Å². The Kier molecular flexibility index (Phi) is 5.94. The topological polar surface area (TPSA) is 128 Å². The summed E-state index contributed by atoms with van der Waals surface area (Å²) in [5, 5.41) is 28.9. The van der Waals surface area contributed by atoms with Gasteiger partial charge in [-0.3, -0.25) is 14.9 Å². The molecule has 0 aliphatic carbocycles. The molecular formula is C20H15N7O3S. The third-order valence-corrected chi connectivity index (χ3v) is 5.19. The Bertz CT molecular complexity index is 1270. The largest absolute Gasteiger partial charge is 0.272 e. The summed E-state index contributed by atoms with van der Waals surface area (Å²) in [6.45, 7) is 0. The summed E-state index contributed by atoms with van der Waals surface area (Å²) in [6.07, 6.45) is 1.41. The number of tetrazole rings is 1. The Hall–Kier alpha value is -4.12. The van der Waals surface area contributed by atoms with Gasteiger partial charge in [0.2, 0.25) is 5.16 Å². The average Bonchev–Trinajstić information content (AvgIpc) is 3.26. The van der Waals surface area contributed by atoms with Gasteiger partial charge < -0.3 is 0 Å². The van der Waals surface area contributed by atoms with Gasteiger partial charge in [-0.2, -0.15) is 9.78 Å². The first kappa shape index (κ1) is 20.2. The van der Waals surface area contributed by atoms with Crippen molar-refractivity contribution in [3.63, 3.8) is 0 Å². The molecule has 4 rings (SSSR count). The molecule has 0 saturated carbocycles. The smallest absolute Gasteiger partial charge is 0.269 e. The summed E-state index contributed by atoms with van der Waals surface area (Å²) in [7, 11) is 0. The molecule has 11 heteroatoms. The number of amides is 1. The van der Waals surface area contributed by atoms with Gasteiger partial charge in [0.25, 0.3) is 11.6 Å². The third-order valence-electron chi connectivity index (χ3n) is 4.27. The molecule has 10 nitrogen and oxygen atoms in total. The van der Waals surface area contributed by atoms with Crippen LogP contribution in [0.15, 0.2) is 77.0 Å². The van der Waals surface area contributed by atoms with Crippen molar-refractivity contribution >= 4 is 40.3 Å². The van der Waals surface area contributed by atoms with Crippen LogP contribution >= 0.6 is 11.8 Å². The second kappa shape index (κ2) is 9.13. The van der Waals surface area contributed by atoms with Crippen LogP contribution in [0, 0.1) is 10.1 Å². The van der Waals surface area contributed by atoms with Crippen molar-refractivity contribution < 1.29 is 9.72 Å². The number of hydrogen-bond acceptors (Lipinski definition) is 8. The molecule has 1 aromatic heterocycles. The molecule has 0 unspecified atom stereocenters. The predicted molar refractivity (Wildman–Crippen MR) is 116 cm³/mol. The Morgan fingerprint density at radius 2 is 1.90 bits per heavy atom. The van der Waals surface area contributed by atoms with Crippen LogP contribution in [0.4, 0.5) is 5.69 Å². The molecule has 0 spiro atoms. The number of aromatic nitrogens is 4. The van der Waals surface area contributed by atoms with Gasteiger partial charge in [-0.05, 0) is 39.6 Å². The van der Waals surface area contributed by atoms with E-state index in [1.165, 1.54) is 30.1 Å². The van der Waals surface area contributed by atoms with E-state index < -0.39 is 4.92 Å². The molecule has 0 radical (unpaired) electrons. The maximum absolute atomic E-state index is 12.1. The zero-order valence-corrected chi connectivity index (χ0v) is 16.8. The van der Waals surface area contributed by atoms with Crippen molar-refractivity contribution in [2.75, 3.05) is 5.75 Å². The first-order valence-electron chi connectivity index (χ1n) is 9.07. The highest BCUT2D eigenvalue weighted by Crippen LogP contribution is 2.25. The van der Waals surface area contributed by atoms with E-state index in [4.69, 9.17) is 0 Å². The monoisotopic (exact) mass is 433 g/mol. The number of fused-ring (bicyclic) bond motifs is 1. The number of hydrazone groups is 1. The van der Waals surface area contributed by atoms with Gasteiger partial charge in [0.15, 0.2) is 0 Å². The van der Waals surface area contributed by atoms with Crippen LogP contribution in [0.2, 0.25) is 0 Å². The lowest BCUT2D eigenvalue weighted by Crippen LogP contribution is -2.20. The summed E-state index contributed by atoms with van der Waals surface area (Å²) in [5.41, 5.74) is 3.85. The first-order chi connectivity index (χ1) is 15.1. The van der Waals surface area contributed by atoms with Crippen molar-refractivity contribution in [3.8, 4) is 5.69 Å². The van der Waals surface area contributed by atoms with E-state index in [-0.39, 0.29) is 17.3 Å². The average molecular weight is 433 g/mol. The second-order valence-corrected chi connectivity index (χ2v) is 7.24. The molecule has 1 heterocycles. The number of carbonyl (C=O) groups is 1. The first-order valence-corrected chi connectivity index (χ1v) is 10.1. The fourth-order valence-electron chi connectivity index (χ4n) is 2.84. The Morgan fingerprint density at radius 3 is 2.71 bits per heavy atom. The van der Waals surface area contributed by atoms with Crippen LogP contribution in [-0.4, -0.2) is 43.0 Å². The second-order valence-electron chi connectivity index (χ2n) is 6.30. The number of non-ortho nitro benzene ring substituents is 1. The lowest BCUT2D eigenvalue weighted by atomic mass is 10.1. The number of nitrogens with one attached hydrogen (secondary N) is 1. The zero-order valence-electron chi connectivity index (χ0n) is 16.0. The predicted octanol–water partition coefficient (Wildman–Crippen LogP) is 2.97. The molecule has 1 amide bonds. The molecule has 4 aromatic rings. The van der Waals surface area contributed by atoms with E-state index in [9.17, 15) is 14.9 Å². The van der Waals surface area contributed by atoms with Crippen LogP contribution in [0.25, 0.3) is 16.5 Å². The standard InChI is InChI=1S/C20H15N7O3S/c28-19(22-21-12-14-8-10-16(11-9-14)27(29)30)13-31-20-23-24-25-26(20)18-7-3-5-15-4-1-2-6-17(15)18/h1-12H,13H2,(H,22,28)/b21-12+. The van der Waals surface area contributed by atoms with E-state index in [2.05, 4.69) is 26.1 Å². The van der Waals surface area contributed by atoms with Crippen molar-refractivity contribution in [2.45, 2.75) is 5.16 Å². The van der Waals surface area contributed by atoms with Gasteiger partial charge in [-0.25, -0.2) is 5.43 Å². The lowest BCUT2D eigenvalue weighted by Gasteiger charge is -2.07. The summed E-state index contributed by atoms with van der Waals surface area (Å²) in [4.78, 5) is 22.3. The van der Waals surface area contributed by atoms with Gasteiger partial charge in [-0.1, -0.05) is 48.2 Å². The molecule has 3 aromatic carbocycles. The fraction of sp³-hybridized carbons (Fsp3) is 0.0500. The number of nitrogens with zero attached hydrogens (tertiary/aromatic N) is 6. The summed E-state index contributed by atoms with van der Waals surface area (Å²) < 4.78 is 1.60. The normalized spacial score (nSPS) is 11.1. The van der Waals surface area contributed by atoms with Gasteiger partial charge in [0, 0.05) is 17.5 Å². The fourth-order valence-corrected chi connectivity index (χ4v) is 3.51. The van der Waals surface area contributed by atoms with Gasteiger partial charge >= 0.3 is 0 Å². The minimum atomic E-state index is -0.480. The molecule has 0 aliphatic rings. The maximum atomic E-state index is 12.1. The number of thioether (sulfide) groups is 1. The van der Waals surface area contributed by atoms with Gasteiger partial charge in [-0.15, -0.1) is 5.10 Å². The highest BCUT2D eigenvalue weighted by Gasteiger charge is 2.13. The van der Waals surface area contributed by atoms with E-state index in [0.717, 1.165) is 16.5 Å². The van der Waals surface area contributed by atoms with Crippen LogP contribution in [0.1, 0.15) is 5.56 Å². The quantitative estimate of drug-likeness (QED) is 0.205. The molecule has 0 saturated heterocycles. The van der Waals surface area contributed by atoms with Crippen LogP contribution in [-0.2, 0) is 4.79 Å². The van der Waals surface area contributed by atoms with Crippen LogP contribution in [0.5, 0.6) is 0 Å². The van der Waals surface area contributed by atoms with Crippen molar-refractivity contribution in [2.24, 2.45) is 5.10 Å². The number of nitro benzene ring substituents is 1. The molecule has 154 valence electrons. The number of nitro groups is 1. The Morgan fingerprint density at radius 1 is 1.13 bits per heavy atom. The minimum Gasteiger partial charge on any atom is -0.272 e. The number of carbonyl (C=O) groups excluding carboxylic acids is 1. The number of hydrogen-bond donors (Lipinski definition) is 1. The van der Waals surface area contributed by atoms with Crippen molar-refractivity contribution in [3.05, 3.63) is 82.4 Å². The van der Waals surface area contributed by atoms with Crippen LogP contribution in [0.3, 0.4) is 0 Å². The third kappa shape index (κ3) is 4.73. The molecular weight excluding hydrogens is 418 g/mol. The molecule has 0 bridgehead atoms. The van der Waals surface area contributed by atoms with Gasteiger partial charge in [0.05, 0.1) is 22.6 Å². The van der Waals surface area contributed by atoms with Crippen molar-refractivity contribution in [1.29, 1.82) is 0 Å². The highest BCUT2D eigenvalue weighted by molar-refractivity contribution is 7.99. The van der Waals surface area contributed by atoms with Gasteiger partial charge in [0.1, 0.15) is 0 Å². The Balaban J connectivity index is 1.38. The SMILES string of the molecule is O=C(CSc1nnnn1-c1cccc2ccccc12)N/N=C/c1ccc([N+](=O)[O-])cc1. The van der Waals surface area contributed by atoms with E-state index in [1.807, 2.05) is 42.5 Å². The number of benzene rings is 3. The zero-order chi connectivity index (χ0) is 21.6. The van der Waals surface area contributed by atoms with E-state index >= 15 is 0 Å². The maximum Gasteiger partial charge on any atom is 0.269 e. The Labute approximate surface area is 180 Å². The van der Waals surface area contributed by atoms with E-state index in [1.54, 1.807) is 16.8 Å². The molecule has 0 atom stereocenters. The molecule has 31 heavy (non-hydrogen) atoms. The highest BCUT2D eigenvalue weighted by atomic mass is 32.2. The summed E-state index contributed by atoms with van der Waals surface area (Å²) in [5.74, 6) is -0.279. The summed E-state index contributed by atoms with van der Waals surface area (Å²) in [6, 6.07) is 19.6. The van der Waals surface area contributed by atoms with Crippen molar-refractivity contribution in [1.82, 2.24) is 25.6 Å². The van der Waals surface area contributed by atoms with E-state index in [0.29, 0.717) is 10.7 Å². The molecule has 0 aliphatic heterocycles.